The maximum absolute atomic E-state index is 12.9. The van der Waals surface area contributed by atoms with Crippen molar-refractivity contribution in [3.05, 3.63) is 46.2 Å². The largest absolute Gasteiger partial charge is 0.481 e. The summed E-state index contributed by atoms with van der Waals surface area (Å²) in [7, 11) is 0. The molecule has 2 aromatic rings. The zero-order valence-corrected chi connectivity index (χ0v) is 13.5. The first-order valence-corrected chi connectivity index (χ1v) is 8.61. The number of hydrogen-bond acceptors (Lipinski definition) is 3. The fraction of sp³-hybridized carbons (Fsp3) is 0.333. The monoisotopic (exact) mass is 327 g/mol. The van der Waals surface area contributed by atoms with Crippen LogP contribution in [0.4, 0.5) is 0 Å². The predicted molar refractivity (Wildman–Crippen MR) is 88.5 cm³/mol. The number of aliphatic carboxylic acids is 1. The van der Waals surface area contributed by atoms with Gasteiger partial charge in [-0.25, -0.2) is 0 Å². The van der Waals surface area contributed by atoms with Gasteiger partial charge in [0, 0.05) is 28.9 Å². The second-order valence-corrected chi connectivity index (χ2v) is 7.43. The fourth-order valence-electron chi connectivity index (χ4n) is 3.80. The van der Waals surface area contributed by atoms with Crippen LogP contribution in [0, 0.1) is 24.7 Å². The maximum Gasteiger partial charge on any atom is 0.307 e. The number of benzene rings is 1. The molecule has 4 nitrogen and oxygen atoms in total. The van der Waals surface area contributed by atoms with E-state index < -0.39 is 5.97 Å². The molecule has 1 N–H and O–H groups in total. The van der Waals surface area contributed by atoms with Gasteiger partial charge in [-0.15, -0.1) is 11.3 Å². The molecule has 2 heterocycles. The van der Waals surface area contributed by atoms with Crippen molar-refractivity contribution in [2.45, 2.75) is 6.92 Å². The van der Waals surface area contributed by atoms with E-state index in [9.17, 15) is 9.59 Å². The van der Waals surface area contributed by atoms with Gasteiger partial charge in [-0.2, -0.15) is 0 Å². The third kappa shape index (κ3) is 2.27. The number of piperidine rings is 1. The lowest BCUT2D eigenvalue weighted by molar-refractivity contribution is -0.139. The molecule has 1 amide bonds. The summed E-state index contributed by atoms with van der Waals surface area (Å²) in [6.07, 6.45) is 0. The van der Waals surface area contributed by atoms with Crippen LogP contribution in [0.1, 0.15) is 15.2 Å². The molecular weight excluding hydrogens is 310 g/mol. The van der Waals surface area contributed by atoms with Crippen molar-refractivity contribution in [2.75, 3.05) is 13.1 Å². The third-order valence-corrected chi connectivity index (χ3v) is 5.95. The Hall–Kier alpha value is -2.14. The normalized spacial score (nSPS) is 25.3. The third-order valence-electron chi connectivity index (χ3n) is 5.03. The van der Waals surface area contributed by atoms with Crippen LogP contribution in [0.3, 0.4) is 0 Å². The number of likely N-dealkylation sites (tertiary alicyclic amines) is 1. The van der Waals surface area contributed by atoms with Gasteiger partial charge in [-0.05, 0) is 24.3 Å². The lowest BCUT2D eigenvalue weighted by Crippen LogP contribution is -2.32. The van der Waals surface area contributed by atoms with Crippen molar-refractivity contribution >= 4 is 23.2 Å². The molecule has 3 atom stereocenters. The van der Waals surface area contributed by atoms with Crippen molar-refractivity contribution in [3.8, 4) is 11.1 Å². The Kier molecular flexibility index (Phi) is 3.27. The van der Waals surface area contributed by atoms with Crippen LogP contribution >= 0.6 is 11.3 Å². The van der Waals surface area contributed by atoms with Crippen molar-refractivity contribution < 1.29 is 14.7 Å². The predicted octanol–water partition coefficient (Wildman–Crippen LogP) is 3.13. The van der Waals surface area contributed by atoms with Crippen LogP contribution in [0.5, 0.6) is 0 Å². The summed E-state index contributed by atoms with van der Waals surface area (Å²) in [6, 6.07) is 9.96. The maximum atomic E-state index is 12.9. The first kappa shape index (κ1) is 14.5. The van der Waals surface area contributed by atoms with Gasteiger partial charge in [0.15, 0.2) is 0 Å². The van der Waals surface area contributed by atoms with E-state index in [1.807, 2.05) is 47.5 Å². The minimum atomic E-state index is -0.719. The van der Waals surface area contributed by atoms with Gasteiger partial charge >= 0.3 is 5.97 Å². The van der Waals surface area contributed by atoms with Gasteiger partial charge in [0.05, 0.1) is 11.5 Å². The SMILES string of the molecule is Cc1scc(C(=O)N2C[C@@H]3C(C(=O)O)[C@@H]3C2)c1-c1ccccc1. The van der Waals surface area contributed by atoms with E-state index in [1.54, 1.807) is 11.3 Å². The smallest absolute Gasteiger partial charge is 0.307 e. The quantitative estimate of drug-likeness (QED) is 0.942. The number of carbonyl (C=O) groups excluding carboxylic acids is 1. The Bertz CT molecular complexity index is 771. The summed E-state index contributed by atoms with van der Waals surface area (Å²) in [4.78, 5) is 26.9. The molecule has 0 bridgehead atoms. The molecule has 1 aromatic heterocycles. The number of hydrogen-bond donors (Lipinski definition) is 1. The zero-order chi connectivity index (χ0) is 16.1. The number of carbonyl (C=O) groups is 2. The second-order valence-electron chi connectivity index (χ2n) is 6.35. The number of rotatable bonds is 3. The van der Waals surface area contributed by atoms with Crippen LogP contribution in [0.15, 0.2) is 35.7 Å². The highest BCUT2D eigenvalue weighted by Crippen LogP contribution is 2.52. The van der Waals surface area contributed by atoms with Crippen molar-refractivity contribution in [1.82, 2.24) is 4.90 Å². The average molecular weight is 327 g/mol. The Labute approximate surface area is 138 Å². The van der Waals surface area contributed by atoms with Crippen molar-refractivity contribution in [2.24, 2.45) is 17.8 Å². The Morgan fingerprint density at radius 3 is 2.43 bits per heavy atom. The van der Waals surface area contributed by atoms with Crippen LogP contribution < -0.4 is 0 Å². The summed E-state index contributed by atoms with van der Waals surface area (Å²) in [5, 5.41) is 11.0. The van der Waals surface area contributed by atoms with Gasteiger partial charge in [-0.1, -0.05) is 30.3 Å². The van der Waals surface area contributed by atoms with E-state index in [0.717, 1.165) is 21.6 Å². The van der Waals surface area contributed by atoms with Crippen LogP contribution in [-0.2, 0) is 4.79 Å². The average Bonchev–Trinajstić information content (AvgIpc) is 2.89. The van der Waals surface area contributed by atoms with E-state index >= 15 is 0 Å². The molecule has 1 saturated carbocycles. The summed E-state index contributed by atoms with van der Waals surface area (Å²) < 4.78 is 0. The van der Waals surface area contributed by atoms with E-state index in [1.165, 1.54) is 0 Å². The van der Waals surface area contributed by atoms with Gasteiger partial charge in [0.1, 0.15) is 0 Å². The highest BCUT2D eigenvalue weighted by molar-refractivity contribution is 7.10. The minimum Gasteiger partial charge on any atom is -0.481 e. The van der Waals surface area contributed by atoms with Crippen molar-refractivity contribution in [1.29, 1.82) is 0 Å². The standard InChI is InChI=1S/C18H17NO3S/c1-10-15(11-5-3-2-4-6-11)14(9-23-10)17(20)19-7-12-13(8-19)16(12)18(21)22/h2-6,9,12-13,16H,7-8H2,1H3,(H,21,22)/t12-,13+,16?. The molecular formula is C18H17NO3S. The molecule has 2 aliphatic rings. The fourth-order valence-corrected chi connectivity index (χ4v) is 4.66. The number of carboxylic acid groups (broad SMARTS) is 1. The molecule has 1 saturated heterocycles. The molecule has 23 heavy (non-hydrogen) atoms. The molecule has 1 aliphatic carbocycles. The lowest BCUT2D eigenvalue weighted by Gasteiger charge is -2.19. The molecule has 1 aliphatic heterocycles. The zero-order valence-electron chi connectivity index (χ0n) is 12.7. The molecule has 0 radical (unpaired) electrons. The van der Waals surface area contributed by atoms with Crippen LogP contribution in [-0.4, -0.2) is 35.0 Å². The molecule has 4 rings (SSSR count). The minimum absolute atomic E-state index is 0.0320. The number of aryl methyl sites for hydroxylation is 1. The first-order valence-electron chi connectivity index (χ1n) is 7.73. The number of carboxylic acids is 1. The molecule has 1 unspecified atom stereocenters. The number of fused-ring (bicyclic) bond motifs is 1. The van der Waals surface area contributed by atoms with Gasteiger partial charge in [-0.3, -0.25) is 9.59 Å². The van der Waals surface area contributed by atoms with Gasteiger partial charge < -0.3 is 10.0 Å². The highest BCUT2D eigenvalue weighted by atomic mass is 32.1. The topological polar surface area (TPSA) is 57.6 Å². The first-order chi connectivity index (χ1) is 11.1. The van der Waals surface area contributed by atoms with Crippen LogP contribution in [0.2, 0.25) is 0 Å². The van der Waals surface area contributed by atoms with Gasteiger partial charge in [0.2, 0.25) is 0 Å². The number of thiophene rings is 1. The van der Waals surface area contributed by atoms with E-state index in [4.69, 9.17) is 5.11 Å². The van der Waals surface area contributed by atoms with Crippen molar-refractivity contribution in [3.63, 3.8) is 0 Å². The van der Waals surface area contributed by atoms with E-state index in [-0.39, 0.29) is 23.7 Å². The summed E-state index contributed by atoms with van der Waals surface area (Å²) >= 11 is 1.59. The molecule has 1 aromatic carbocycles. The Morgan fingerprint density at radius 1 is 1.17 bits per heavy atom. The Balaban J connectivity index is 1.59. The van der Waals surface area contributed by atoms with Gasteiger partial charge in [0.25, 0.3) is 5.91 Å². The van der Waals surface area contributed by atoms with E-state index in [2.05, 4.69) is 0 Å². The second kappa shape index (κ2) is 5.20. The molecule has 2 fully saturated rings. The summed E-state index contributed by atoms with van der Waals surface area (Å²) in [5.41, 5.74) is 2.81. The number of amides is 1. The van der Waals surface area contributed by atoms with E-state index in [0.29, 0.717) is 13.1 Å². The highest BCUT2D eigenvalue weighted by Gasteiger charge is 2.60. The van der Waals surface area contributed by atoms with Crippen LogP contribution in [0.25, 0.3) is 11.1 Å². The molecule has 0 spiro atoms. The summed E-state index contributed by atoms with van der Waals surface area (Å²) in [6.45, 7) is 3.18. The molecule has 5 heteroatoms. The summed E-state index contributed by atoms with van der Waals surface area (Å²) in [5.74, 6) is -0.627. The Morgan fingerprint density at radius 2 is 1.83 bits per heavy atom. The number of nitrogens with zero attached hydrogens (tertiary/aromatic N) is 1. The molecule has 118 valence electrons. The lowest BCUT2D eigenvalue weighted by atomic mass is 10.0.